The number of methoxy groups -OCH3 is 2. The van der Waals surface area contributed by atoms with E-state index in [2.05, 4.69) is 37.5 Å². The molecule has 0 aliphatic carbocycles. The molecule has 1 aliphatic rings. The monoisotopic (exact) mass is 582 g/mol. The van der Waals surface area contributed by atoms with Crippen LogP contribution in [-0.4, -0.2) is 25.9 Å². The molecular formula is C35H35FN2O5. The van der Waals surface area contributed by atoms with Gasteiger partial charge in [-0.2, -0.15) is 0 Å². The molecule has 222 valence electrons. The Hall–Kier alpha value is -4.98. The lowest BCUT2D eigenvalue weighted by Crippen LogP contribution is -2.32. The summed E-state index contributed by atoms with van der Waals surface area (Å²) in [5.74, 6) is 1.45. The van der Waals surface area contributed by atoms with Crippen molar-refractivity contribution < 1.29 is 28.1 Å². The number of halogens is 1. The van der Waals surface area contributed by atoms with Gasteiger partial charge in [-0.1, -0.05) is 30.3 Å². The maximum absolute atomic E-state index is 14.1. The van der Waals surface area contributed by atoms with Gasteiger partial charge in [-0.3, -0.25) is 5.32 Å². The molecule has 0 bridgehead atoms. The number of rotatable bonds is 8. The standard InChI is InChI=1S/C35H35FN2O5/c1-21-11-12-23(36)17-31(21)42-20-27-25(15-16-29-33(27)22(2)19-35(3,4)38-29)26-14-13-24(18-32(26)41-6)43-34(39)37-28-9-7-8-10-30(28)40-5/h7-19,38H,20H2,1-6H3,(H,37,39). The van der Waals surface area contributed by atoms with Crippen molar-refractivity contribution >= 4 is 23.0 Å². The molecule has 0 fully saturated rings. The second kappa shape index (κ2) is 12.1. The van der Waals surface area contributed by atoms with Gasteiger partial charge in [-0.25, -0.2) is 9.18 Å². The number of allylic oxidation sites excluding steroid dienone is 1. The normalized spacial score (nSPS) is 13.2. The minimum Gasteiger partial charge on any atom is -0.496 e. The molecule has 0 saturated heterocycles. The van der Waals surface area contributed by atoms with Crippen LogP contribution in [0.3, 0.4) is 0 Å². The van der Waals surface area contributed by atoms with Gasteiger partial charge >= 0.3 is 6.09 Å². The smallest absolute Gasteiger partial charge is 0.417 e. The van der Waals surface area contributed by atoms with Gasteiger partial charge in [0.2, 0.25) is 0 Å². The van der Waals surface area contributed by atoms with E-state index in [0.717, 1.165) is 39.1 Å². The van der Waals surface area contributed by atoms with Crippen molar-refractivity contribution in [3.63, 3.8) is 0 Å². The lowest BCUT2D eigenvalue weighted by Gasteiger charge is -2.33. The van der Waals surface area contributed by atoms with E-state index in [1.165, 1.54) is 19.2 Å². The van der Waals surface area contributed by atoms with E-state index in [0.29, 0.717) is 28.7 Å². The first-order valence-corrected chi connectivity index (χ1v) is 13.9. The van der Waals surface area contributed by atoms with Gasteiger partial charge in [0, 0.05) is 34.5 Å². The quantitative estimate of drug-likeness (QED) is 0.217. The van der Waals surface area contributed by atoms with Crippen LogP contribution in [0.4, 0.5) is 20.6 Å². The molecule has 43 heavy (non-hydrogen) atoms. The summed E-state index contributed by atoms with van der Waals surface area (Å²) in [5, 5.41) is 6.30. The highest BCUT2D eigenvalue weighted by Gasteiger charge is 2.27. The predicted octanol–water partition coefficient (Wildman–Crippen LogP) is 8.62. The van der Waals surface area contributed by atoms with E-state index in [1.54, 1.807) is 43.5 Å². The van der Waals surface area contributed by atoms with Gasteiger partial charge in [-0.05, 0) is 80.8 Å². The molecule has 4 aromatic carbocycles. The second-order valence-electron chi connectivity index (χ2n) is 11.0. The molecular weight excluding hydrogens is 547 g/mol. The lowest BCUT2D eigenvalue weighted by atomic mass is 9.85. The molecule has 2 N–H and O–H groups in total. The number of hydrogen-bond acceptors (Lipinski definition) is 6. The van der Waals surface area contributed by atoms with E-state index in [1.807, 2.05) is 31.2 Å². The van der Waals surface area contributed by atoms with Gasteiger partial charge in [0.05, 0.1) is 25.4 Å². The Bertz CT molecular complexity index is 1710. The Morgan fingerprint density at radius 3 is 2.40 bits per heavy atom. The van der Waals surface area contributed by atoms with Crippen molar-refractivity contribution in [1.29, 1.82) is 0 Å². The van der Waals surface area contributed by atoms with Gasteiger partial charge in [0.1, 0.15) is 35.4 Å². The first kappa shape index (κ1) is 29.5. The van der Waals surface area contributed by atoms with Crippen LogP contribution >= 0.6 is 0 Å². The molecule has 7 nitrogen and oxygen atoms in total. The van der Waals surface area contributed by atoms with Crippen LogP contribution in [0, 0.1) is 12.7 Å². The summed E-state index contributed by atoms with van der Waals surface area (Å²) in [6.07, 6.45) is 1.52. The number of carbonyl (C=O) groups is 1. The largest absolute Gasteiger partial charge is 0.496 e. The van der Waals surface area contributed by atoms with E-state index in [9.17, 15) is 9.18 Å². The van der Waals surface area contributed by atoms with E-state index in [4.69, 9.17) is 18.9 Å². The summed E-state index contributed by atoms with van der Waals surface area (Å²) in [4.78, 5) is 12.7. The Kier molecular flexibility index (Phi) is 8.30. The van der Waals surface area contributed by atoms with E-state index >= 15 is 0 Å². The number of carbonyl (C=O) groups excluding carboxylic acids is 1. The van der Waals surface area contributed by atoms with Crippen molar-refractivity contribution in [2.45, 2.75) is 39.8 Å². The average Bonchev–Trinajstić information content (AvgIpc) is 2.97. The fraction of sp³-hybridized carbons (Fsp3) is 0.229. The molecule has 4 aromatic rings. The summed E-state index contributed by atoms with van der Waals surface area (Å²) in [5.41, 5.74) is 6.78. The molecule has 8 heteroatoms. The highest BCUT2D eigenvalue weighted by molar-refractivity contribution is 5.90. The highest BCUT2D eigenvalue weighted by Crippen LogP contribution is 2.43. The number of benzene rings is 4. The fourth-order valence-corrected chi connectivity index (χ4v) is 5.43. The molecule has 0 spiro atoms. The summed E-state index contributed by atoms with van der Waals surface area (Å²) in [6.45, 7) is 8.39. The fourth-order valence-electron chi connectivity index (χ4n) is 5.43. The van der Waals surface area contributed by atoms with Crippen LogP contribution in [0.2, 0.25) is 0 Å². The van der Waals surface area contributed by atoms with Crippen LogP contribution in [0.1, 0.15) is 37.5 Å². The van der Waals surface area contributed by atoms with Gasteiger partial charge in [0.25, 0.3) is 0 Å². The third kappa shape index (κ3) is 6.43. The first-order valence-electron chi connectivity index (χ1n) is 13.9. The predicted molar refractivity (Wildman–Crippen MR) is 168 cm³/mol. The minimum absolute atomic E-state index is 0.193. The lowest BCUT2D eigenvalue weighted by molar-refractivity contribution is 0.215. The van der Waals surface area contributed by atoms with E-state index in [-0.39, 0.29) is 18.0 Å². The van der Waals surface area contributed by atoms with Crippen LogP contribution in [0.15, 0.2) is 78.9 Å². The summed E-state index contributed by atoms with van der Waals surface area (Å²) < 4.78 is 37.0. The van der Waals surface area contributed by atoms with Gasteiger partial charge in [0.15, 0.2) is 0 Å². The molecule has 0 atom stereocenters. The van der Waals surface area contributed by atoms with Crippen molar-refractivity contribution in [2.75, 3.05) is 24.9 Å². The zero-order valence-corrected chi connectivity index (χ0v) is 25.1. The summed E-state index contributed by atoms with van der Waals surface area (Å²) >= 11 is 0. The molecule has 1 aliphatic heterocycles. The minimum atomic E-state index is -0.665. The average molecular weight is 583 g/mol. The number of aryl methyl sites for hydroxylation is 1. The molecule has 1 amide bonds. The zero-order chi connectivity index (χ0) is 30.7. The van der Waals surface area contributed by atoms with Crippen molar-refractivity contribution in [3.8, 4) is 34.1 Å². The molecule has 0 radical (unpaired) electrons. The number of amides is 1. The number of fused-ring (bicyclic) bond motifs is 1. The van der Waals surface area contributed by atoms with Crippen molar-refractivity contribution in [1.82, 2.24) is 0 Å². The summed E-state index contributed by atoms with van der Waals surface area (Å²) in [7, 11) is 3.10. The topological polar surface area (TPSA) is 78.1 Å². The van der Waals surface area contributed by atoms with Gasteiger partial charge in [-0.15, -0.1) is 0 Å². The summed E-state index contributed by atoms with van der Waals surface area (Å²) in [6, 6.07) is 20.9. The van der Waals surface area contributed by atoms with Crippen LogP contribution in [-0.2, 0) is 6.61 Å². The van der Waals surface area contributed by atoms with Gasteiger partial charge < -0.3 is 24.3 Å². The van der Waals surface area contributed by atoms with E-state index < -0.39 is 6.09 Å². The molecule has 5 rings (SSSR count). The second-order valence-corrected chi connectivity index (χ2v) is 11.0. The first-order chi connectivity index (χ1) is 20.6. The Labute approximate surface area is 251 Å². The number of nitrogens with one attached hydrogen (secondary N) is 2. The van der Waals surface area contributed by atoms with Crippen LogP contribution in [0.25, 0.3) is 16.7 Å². The number of hydrogen-bond donors (Lipinski definition) is 2. The molecule has 0 unspecified atom stereocenters. The van der Waals surface area contributed by atoms with Crippen molar-refractivity contribution in [2.24, 2.45) is 0 Å². The molecule has 1 heterocycles. The van der Waals surface area contributed by atoms with Crippen molar-refractivity contribution in [3.05, 3.63) is 101 Å². The Balaban J connectivity index is 1.51. The molecule has 0 saturated carbocycles. The zero-order valence-electron chi connectivity index (χ0n) is 25.1. The third-order valence-corrected chi connectivity index (χ3v) is 7.28. The molecule has 0 aromatic heterocycles. The maximum atomic E-state index is 14.1. The Morgan fingerprint density at radius 1 is 0.884 bits per heavy atom. The highest BCUT2D eigenvalue weighted by atomic mass is 19.1. The SMILES string of the molecule is COc1ccccc1NC(=O)Oc1ccc(-c2ccc3c(c2COc2cc(F)ccc2C)C(C)=CC(C)(C)N3)c(OC)c1. The number of anilines is 2. The van der Waals surface area contributed by atoms with Crippen LogP contribution < -0.4 is 29.6 Å². The number of para-hydroxylation sites is 2. The van der Waals surface area contributed by atoms with Crippen LogP contribution in [0.5, 0.6) is 23.0 Å². The number of ether oxygens (including phenoxy) is 4. The third-order valence-electron chi connectivity index (χ3n) is 7.28. The Morgan fingerprint density at radius 2 is 1.63 bits per heavy atom. The maximum Gasteiger partial charge on any atom is 0.417 e.